The fourth-order valence-corrected chi connectivity index (χ4v) is 2.86. The number of carbonyl (C=O) groups excluding carboxylic acids is 1. The SMILES string of the molecule is C=C1c2cc(C(=O)OCC)ccc2CCC1n1ccnc1. The van der Waals surface area contributed by atoms with E-state index in [0.717, 1.165) is 24.0 Å². The van der Waals surface area contributed by atoms with Gasteiger partial charge in [0, 0.05) is 12.4 Å². The summed E-state index contributed by atoms with van der Waals surface area (Å²) >= 11 is 0. The van der Waals surface area contributed by atoms with Crippen LogP contribution in [0, 0.1) is 0 Å². The summed E-state index contributed by atoms with van der Waals surface area (Å²) in [6.45, 7) is 6.43. The van der Waals surface area contributed by atoms with Crippen molar-refractivity contribution in [3.05, 3.63) is 60.2 Å². The highest BCUT2D eigenvalue weighted by molar-refractivity contribution is 5.91. The van der Waals surface area contributed by atoms with E-state index in [9.17, 15) is 4.79 Å². The minimum atomic E-state index is -0.280. The minimum Gasteiger partial charge on any atom is -0.462 e. The molecule has 0 aliphatic heterocycles. The van der Waals surface area contributed by atoms with Gasteiger partial charge in [0.1, 0.15) is 0 Å². The van der Waals surface area contributed by atoms with Crippen LogP contribution in [0.25, 0.3) is 5.57 Å². The number of imidazole rings is 1. The average molecular weight is 282 g/mol. The highest BCUT2D eigenvalue weighted by Gasteiger charge is 2.24. The fourth-order valence-electron chi connectivity index (χ4n) is 2.86. The predicted molar refractivity (Wildman–Crippen MR) is 81.0 cm³/mol. The molecule has 3 rings (SSSR count). The zero-order valence-electron chi connectivity index (χ0n) is 12.1. The lowest BCUT2D eigenvalue weighted by atomic mass is 9.83. The summed E-state index contributed by atoms with van der Waals surface area (Å²) in [6.07, 6.45) is 7.52. The van der Waals surface area contributed by atoms with E-state index in [1.54, 1.807) is 6.20 Å². The molecule has 4 heteroatoms. The molecule has 0 bridgehead atoms. The number of hydrogen-bond acceptors (Lipinski definition) is 3. The third-order valence-corrected chi connectivity index (χ3v) is 3.94. The maximum absolute atomic E-state index is 11.9. The van der Waals surface area contributed by atoms with E-state index in [-0.39, 0.29) is 12.0 Å². The van der Waals surface area contributed by atoms with Crippen molar-refractivity contribution in [3.63, 3.8) is 0 Å². The van der Waals surface area contributed by atoms with Gasteiger partial charge in [-0.1, -0.05) is 12.6 Å². The molecule has 0 spiro atoms. The van der Waals surface area contributed by atoms with Crippen molar-refractivity contribution < 1.29 is 9.53 Å². The van der Waals surface area contributed by atoms with Crippen molar-refractivity contribution in [2.45, 2.75) is 25.8 Å². The van der Waals surface area contributed by atoms with Crippen LogP contribution < -0.4 is 0 Å². The standard InChI is InChI=1S/C17H18N2O2/c1-3-21-17(20)14-5-4-13-6-7-16(12(2)15(13)10-14)19-9-8-18-11-19/h4-5,8-11,16H,2-3,6-7H2,1H3. The second-order valence-corrected chi connectivity index (χ2v) is 5.18. The number of ether oxygens (including phenoxy) is 1. The molecule has 21 heavy (non-hydrogen) atoms. The van der Waals surface area contributed by atoms with Crippen molar-refractivity contribution in [3.8, 4) is 0 Å². The number of allylic oxidation sites excluding steroid dienone is 1. The topological polar surface area (TPSA) is 44.1 Å². The van der Waals surface area contributed by atoms with Gasteiger partial charge in [-0.2, -0.15) is 0 Å². The van der Waals surface area contributed by atoms with Gasteiger partial charge in [0.25, 0.3) is 0 Å². The molecule has 0 radical (unpaired) electrons. The Kier molecular flexibility index (Phi) is 3.60. The number of carbonyl (C=O) groups is 1. The molecule has 1 aromatic carbocycles. The highest BCUT2D eigenvalue weighted by Crippen LogP contribution is 2.37. The molecule has 1 aliphatic rings. The van der Waals surface area contributed by atoms with Gasteiger partial charge >= 0.3 is 5.97 Å². The Hall–Kier alpha value is -2.36. The van der Waals surface area contributed by atoms with Crippen LogP contribution in [0.4, 0.5) is 0 Å². The van der Waals surface area contributed by atoms with Gasteiger partial charge < -0.3 is 9.30 Å². The van der Waals surface area contributed by atoms with Crippen LogP contribution in [0.1, 0.15) is 40.9 Å². The lowest BCUT2D eigenvalue weighted by Crippen LogP contribution is -2.17. The average Bonchev–Trinajstić information content (AvgIpc) is 3.02. The molecular weight excluding hydrogens is 264 g/mol. The molecule has 2 aromatic rings. The maximum Gasteiger partial charge on any atom is 0.338 e. The van der Waals surface area contributed by atoms with E-state index in [1.807, 2.05) is 37.6 Å². The molecule has 108 valence electrons. The Morgan fingerprint density at radius 1 is 1.52 bits per heavy atom. The smallest absolute Gasteiger partial charge is 0.338 e. The van der Waals surface area contributed by atoms with Gasteiger partial charge in [0.15, 0.2) is 0 Å². The molecule has 4 nitrogen and oxygen atoms in total. The number of aromatic nitrogens is 2. The summed E-state index contributed by atoms with van der Waals surface area (Å²) in [6, 6.07) is 5.95. The summed E-state index contributed by atoms with van der Waals surface area (Å²) in [7, 11) is 0. The number of fused-ring (bicyclic) bond motifs is 1. The number of rotatable bonds is 3. The van der Waals surface area contributed by atoms with Crippen LogP contribution in [0.3, 0.4) is 0 Å². The first-order chi connectivity index (χ1) is 10.2. The first-order valence-electron chi connectivity index (χ1n) is 7.17. The van der Waals surface area contributed by atoms with E-state index in [4.69, 9.17) is 4.74 Å². The zero-order chi connectivity index (χ0) is 14.8. The Balaban J connectivity index is 1.94. The van der Waals surface area contributed by atoms with Crippen molar-refractivity contribution in [1.29, 1.82) is 0 Å². The lowest BCUT2D eigenvalue weighted by molar-refractivity contribution is 0.0526. The van der Waals surface area contributed by atoms with Crippen LogP contribution in [-0.2, 0) is 11.2 Å². The lowest BCUT2D eigenvalue weighted by Gasteiger charge is -2.28. The molecule has 1 unspecified atom stereocenters. The molecule has 1 heterocycles. The summed E-state index contributed by atoms with van der Waals surface area (Å²) in [4.78, 5) is 16.0. The number of aryl methyl sites for hydroxylation is 1. The van der Waals surface area contributed by atoms with Crippen LogP contribution in [0.15, 0.2) is 43.5 Å². The largest absolute Gasteiger partial charge is 0.462 e. The van der Waals surface area contributed by atoms with Gasteiger partial charge in [-0.15, -0.1) is 0 Å². The van der Waals surface area contributed by atoms with Gasteiger partial charge in [0.2, 0.25) is 0 Å². The fraction of sp³-hybridized carbons (Fsp3) is 0.294. The third-order valence-electron chi connectivity index (χ3n) is 3.94. The van der Waals surface area contributed by atoms with Crippen molar-refractivity contribution >= 4 is 11.5 Å². The van der Waals surface area contributed by atoms with Crippen molar-refractivity contribution in [2.75, 3.05) is 6.61 Å². The van der Waals surface area contributed by atoms with Crippen molar-refractivity contribution in [2.24, 2.45) is 0 Å². The van der Waals surface area contributed by atoms with E-state index in [1.165, 1.54) is 5.56 Å². The summed E-state index contributed by atoms with van der Waals surface area (Å²) in [5.74, 6) is -0.280. The Morgan fingerprint density at radius 2 is 2.38 bits per heavy atom. The number of hydrogen-bond donors (Lipinski definition) is 0. The number of nitrogens with zero attached hydrogens (tertiary/aromatic N) is 2. The minimum absolute atomic E-state index is 0.206. The first kappa shape index (κ1) is 13.6. The van der Waals surface area contributed by atoms with Gasteiger partial charge in [-0.3, -0.25) is 0 Å². The third kappa shape index (κ3) is 2.49. The van der Waals surface area contributed by atoms with Crippen LogP contribution in [0.2, 0.25) is 0 Å². The molecule has 0 N–H and O–H groups in total. The number of benzene rings is 1. The van der Waals surface area contributed by atoms with E-state index < -0.39 is 0 Å². The maximum atomic E-state index is 11.9. The second-order valence-electron chi connectivity index (χ2n) is 5.18. The first-order valence-corrected chi connectivity index (χ1v) is 7.17. The quantitative estimate of drug-likeness (QED) is 0.812. The Morgan fingerprint density at radius 3 is 3.10 bits per heavy atom. The zero-order valence-corrected chi connectivity index (χ0v) is 12.1. The van der Waals surface area contributed by atoms with Gasteiger partial charge in [-0.05, 0) is 48.6 Å². The molecule has 0 fully saturated rings. The summed E-state index contributed by atoms with van der Waals surface area (Å²) in [5, 5.41) is 0. The van der Waals surface area contributed by atoms with Gasteiger partial charge in [0.05, 0.1) is 24.5 Å². The molecular formula is C17H18N2O2. The summed E-state index contributed by atoms with van der Waals surface area (Å²) < 4.78 is 7.14. The van der Waals surface area contributed by atoms with Crippen LogP contribution >= 0.6 is 0 Å². The van der Waals surface area contributed by atoms with E-state index in [0.29, 0.717) is 12.2 Å². The molecule has 0 saturated carbocycles. The van der Waals surface area contributed by atoms with Gasteiger partial charge in [-0.25, -0.2) is 9.78 Å². The molecule has 0 amide bonds. The Labute approximate surface area is 124 Å². The highest BCUT2D eigenvalue weighted by atomic mass is 16.5. The van der Waals surface area contributed by atoms with E-state index in [2.05, 4.69) is 16.1 Å². The number of esters is 1. The molecule has 1 aromatic heterocycles. The van der Waals surface area contributed by atoms with Crippen LogP contribution in [0.5, 0.6) is 0 Å². The normalized spacial score (nSPS) is 17.4. The predicted octanol–water partition coefficient (Wildman–Crippen LogP) is 3.26. The molecule has 1 atom stereocenters. The molecule has 0 saturated heterocycles. The van der Waals surface area contributed by atoms with E-state index >= 15 is 0 Å². The summed E-state index contributed by atoms with van der Waals surface area (Å²) in [5.41, 5.74) is 3.92. The van der Waals surface area contributed by atoms with Crippen LogP contribution in [-0.4, -0.2) is 22.1 Å². The Bertz CT molecular complexity index is 674. The second kappa shape index (κ2) is 5.56. The molecule has 1 aliphatic carbocycles. The van der Waals surface area contributed by atoms with Crippen molar-refractivity contribution in [1.82, 2.24) is 9.55 Å². The monoisotopic (exact) mass is 282 g/mol.